The molecule has 1 heterocycles. The van der Waals surface area contributed by atoms with Crippen molar-refractivity contribution in [1.29, 1.82) is 0 Å². The van der Waals surface area contributed by atoms with Crippen LogP contribution in [-0.2, 0) is 16.6 Å². The summed E-state index contributed by atoms with van der Waals surface area (Å²) < 4.78 is 40.9. The van der Waals surface area contributed by atoms with Crippen LogP contribution < -0.4 is 5.32 Å². The zero-order valence-corrected chi connectivity index (χ0v) is 11.9. The quantitative estimate of drug-likeness (QED) is 0.825. The van der Waals surface area contributed by atoms with Gasteiger partial charge in [-0.05, 0) is 20.8 Å². The average molecular weight is 307 g/mol. The van der Waals surface area contributed by atoms with Gasteiger partial charge in [-0.15, -0.1) is 0 Å². The molecule has 0 aliphatic carbocycles. The number of alkyl halides is 3. The Morgan fingerprint density at radius 2 is 1.86 bits per heavy atom. The fraction of sp³-hybridized carbons (Fsp3) is 0.583. The van der Waals surface area contributed by atoms with Gasteiger partial charge in [0.1, 0.15) is 5.92 Å². The van der Waals surface area contributed by atoms with Crippen LogP contribution in [0.1, 0.15) is 29.9 Å². The van der Waals surface area contributed by atoms with Gasteiger partial charge in [-0.2, -0.15) is 18.3 Å². The molecule has 21 heavy (non-hydrogen) atoms. The molecule has 118 valence electrons. The highest BCUT2D eigenvalue weighted by Crippen LogP contribution is 2.35. The average Bonchev–Trinajstić information content (AvgIpc) is 2.58. The summed E-state index contributed by atoms with van der Waals surface area (Å²) in [5, 5.41) is 14.3. The van der Waals surface area contributed by atoms with Gasteiger partial charge in [-0.25, -0.2) is 0 Å². The van der Waals surface area contributed by atoms with Gasteiger partial charge in [-0.3, -0.25) is 14.3 Å². The van der Waals surface area contributed by atoms with E-state index in [2.05, 4.69) is 5.10 Å². The Labute approximate surface area is 118 Å². The number of halogens is 3. The highest BCUT2D eigenvalue weighted by atomic mass is 19.4. The number of carbonyl (C=O) groups excluding carboxylic acids is 1. The van der Waals surface area contributed by atoms with Gasteiger partial charge in [0.25, 0.3) is 0 Å². The van der Waals surface area contributed by atoms with Crippen molar-refractivity contribution in [3.63, 3.8) is 0 Å². The summed E-state index contributed by atoms with van der Waals surface area (Å²) in [5.74, 6) is -4.27. The number of carbonyl (C=O) groups is 2. The van der Waals surface area contributed by atoms with E-state index in [9.17, 15) is 22.8 Å². The van der Waals surface area contributed by atoms with E-state index in [1.807, 2.05) is 0 Å². The summed E-state index contributed by atoms with van der Waals surface area (Å²) in [6.45, 7) is 3.86. The van der Waals surface area contributed by atoms with E-state index < -0.39 is 30.0 Å². The van der Waals surface area contributed by atoms with Crippen molar-refractivity contribution < 1.29 is 27.9 Å². The molecule has 0 aliphatic rings. The van der Waals surface area contributed by atoms with Crippen LogP contribution in [0.15, 0.2) is 0 Å². The second kappa shape index (κ2) is 5.74. The predicted molar refractivity (Wildman–Crippen MR) is 66.4 cm³/mol. The molecule has 0 saturated carbocycles. The second-order valence-corrected chi connectivity index (χ2v) is 4.75. The first-order valence-electron chi connectivity index (χ1n) is 6.06. The molecule has 0 aromatic carbocycles. The Kier molecular flexibility index (Phi) is 4.65. The van der Waals surface area contributed by atoms with Crippen LogP contribution in [0.4, 0.5) is 13.2 Å². The maximum atomic E-state index is 13.2. The molecule has 1 amide bonds. The molecule has 2 atom stereocenters. The largest absolute Gasteiger partial charge is 0.481 e. The first-order valence-corrected chi connectivity index (χ1v) is 6.06. The van der Waals surface area contributed by atoms with Crippen molar-refractivity contribution in [1.82, 2.24) is 15.1 Å². The summed E-state index contributed by atoms with van der Waals surface area (Å²) in [6.07, 6.45) is -4.76. The number of hydrogen-bond acceptors (Lipinski definition) is 3. The molecule has 0 bridgehead atoms. The molecular weight excluding hydrogens is 291 g/mol. The van der Waals surface area contributed by atoms with Gasteiger partial charge in [0.05, 0.1) is 5.69 Å². The van der Waals surface area contributed by atoms with Crippen molar-refractivity contribution in [3.8, 4) is 0 Å². The minimum atomic E-state index is -4.76. The maximum absolute atomic E-state index is 13.2. The third-order valence-electron chi connectivity index (χ3n) is 3.23. The minimum Gasteiger partial charge on any atom is -0.481 e. The normalized spacial score (nSPS) is 14.6. The molecule has 1 rings (SSSR count). The zero-order valence-electron chi connectivity index (χ0n) is 11.9. The van der Waals surface area contributed by atoms with Gasteiger partial charge >= 0.3 is 12.1 Å². The van der Waals surface area contributed by atoms with Gasteiger partial charge < -0.3 is 10.4 Å². The number of nitrogens with zero attached hydrogens (tertiary/aromatic N) is 2. The predicted octanol–water partition coefficient (Wildman–Crippen LogP) is 1.48. The van der Waals surface area contributed by atoms with Crippen LogP contribution in [-0.4, -0.2) is 32.9 Å². The van der Waals surface area contributed by atoms with Gasteiger partial charge in [0, 0.05) is 18.3 Å². The lowest BCUT2D eigenvalue weighted by atomic mass is 10.0. The second-order valence-electron chi connectivity index (χ2n) is 4.75. The van der Waals surface area contributed by atoms with Crippen molar-refractivity contribution in [2.45, 2.75) is 33.0 Å². The summed E-state index contributed by atoms with van der Waals surface area (Å²) in [6, 6.07) is -2.29. The maximum Gasteiger partial charge on any atom is 0.413 e. The first kappa shape index (κ1) is 17.0. The summed E-state index contributed by atoms with van der Waals surface area (Å²) in [5.41, 5.74) is 0.203. The molecule has 2 unspecified atom stereocenters. The lowest BCUT2D eigenvalue weighted by Crippen LogP contribution is -2.42. The Bertz CT molecular complexity index is 566. The van der Waals surface area contributed by atoms with Crippen molar-refractivity contribution in [3.05, 3.63) is 17.0 Å². The highest BCUT2D eigenvalue weighted by Gasteiger charge is 2.45. The SMILES string of the molecule is Cc1nn(C)c(C)c1C(NC(=O)C(C)C(=O)O)C(F)(F)F. The summed E-state index contributed by atoms with van der Waals surface area (Å²) in [4.78, 5) is 22.3. The first-order chi connectivity index (χ1) is 9.46. The van der Waals surface area contributed by atoms with Gasteiger partial charge in [-0.1, -0.05) is 0 Å². The Morgan fingerprint density at radius 1 is 1.33 bits per heavy atom. The molecule has 6 nitrogen and oxygen atoms in total. The smallest absolute Gasteiger partial charge is 0.413 e. The van der Waals surface area contributed by atoms with Crippen LogP contribution in [0.2, 0.25) is 0 Å². The minimum absolute atomic E-state index is 0.126. The van der Waals surface area contributed by atoms with E-state index in [1.165, 1.54) is 25.6 Å². The number of hydrogen-bond donors (Lipinski definition) is 2. The Hall–Kier alpha value is -2.06. The Balaban J connectivity index is 3.20. The van der Waals surface area contributed by atoms with Gasteiger partial charge in [0.15, 0.2) is 6.04 Å². The van der Waals surface area contributed by atoms with Crippen LogP contribution in [0, 0.1) is 19.8 Å². The number of carboxylic acid groups (broad SMARTS) is 1. The van der Waals surface area contributed by atoms with E-state index in [1.54, 1.807) is 5.32 Å². The van der Waals surface area contributed by atoms with Crippen LogP contribution in [0.3, 0.4) is 0 Å². The lowest BCUT2D eigenvalue weighted by Gasteiger charge is -2.23. The Morgan fingerprint density at radius 3 is 2.19 bits per heavy atom. The lowest BCUT2D eigenvalue weighted by molar-refractivity contribution is -0.166. The molecule has 0 aliphatic heterocycles. The standard InChI is InChI=1S/C12H16F3N3O3/c1-5(11(20)21)10(19)16-9(12(13,14)15)8-6(2)17-18(4)7(8)3/h5,9H,1-4H3,(H,16,19)(H,20,21). The zero-order chi connectivity index (χ0) is 16.5. The third kappa shape index (κ3) is 3.53. The van der Waals surface area contributed by atoms with E-state index in [4.69, 9.17) is 5.11 Å². The molecule has 1 aromatic rings. The number of carboxylic acids is 1. The summed E-state index contributed by atoms with van der Waals surface area (Å²) in [7, 11) is 1.49. The molecule has 1 aromatic heterocycles. The third-order valence-corrected chi connectivity index (χ3v) is 3.23. The summed E-state index contributed by atoms with van der Waals surface area (Å²) >= 11 is 0. The van der Waals surface area contributed by atoms with E-state index in [0.29, 0.717) is 0 Å². The number of amides is 1. The molecule has 0 radical (unpaired) electrons. The number of aryl methyl sites for hydroxylation is 2. The fourth-order valence-corrected chi connectivity index (χ4v) is 1.90. The van der Waals surface area contributed by atoms with E-state index in [-0.39, 0.29) is 17.0 Å². The van der Waals surface area contributed by atoms with Crippen LogP contribution >= 0.6 is 0 Å². The van der Waals surface area contributed by atoms with Crippen molar-refractivity contribution >= 4 is 11.9 Å². The van der Waals surface area contributed by atoms with E-state index in [0.717, 1.165) is 6.92 Å². The monoisotopic (exact) mass is 307 g/mol. The number of nitrogens with one attached hydrogen (secondary N) is 1. The molecule has 2 N–H and O–H groups in total. The fourth-order valence-electron chi connectivity index (χ4n) is 1.90. The van der Waals surface area contributed by atoms with Crippen LogP contribution in [0.25, 0.3) is 0 Å². The van der Waals surface area contributed by atoms with Gasteiger partial charge in [0.2, 0.25) is 5.91 Å². The van der Waals surface area contributed by atoms with E-state index >= 15 is 0 Å². The number of aromatic nitrogens is 2. The number of rotatable bonds is 4. The topological polar surface area (TPSA) is 84.2 Å². The van der Waals surface area contributed by atoms with Crippen LogP contribution in [0.5, 0.6) is 0 Å². The number of aliphatic carboxylic acids is 1. The molecule has 0 fully saturated rings. The van der Waals surface area contributed by atoms with Crippen molar-refractivity contribution in [2.75, 3.05) is 0 Å². The molecule has 0 saturated heterocycles. The molecule has 9 heteroatoms. The molecular formula is C12H16F3N3O3. The molecule has 0 spiro atoms. The highest BCUT2D eigenvalue weighted by molar-refractivity contribution is 5.96. The van der Waals surface area contributed by atoms with Crippen molar-refractivity contribution in [2.24, 2.45) is 13.0 Å².